The Labute approximate surface area is 78.5 Å². The van der Waals surface area contributed by atoms with E-state index < -0.39 is 0 Å². The topological polar surface area (TPSA) is 40.5 Å². The minimum Gasteiger partial charge on any atom is -0.504 e. The monoisotopic (exact) mass is 198 g/mol. The molecular formula is C8H6O2S2. The van der Waals surface area contributed by atoms with E-state index >= 15 is 0 Å². The average molecular weight is 198 g/mol. The first-order valence-corrected chi connectivity index (χ1v) is 4.63. The number of phenolic OH excluding ortho intramolecular Hbond substituents is 2. The van der Waals surface area contributed by atoms with Gasteiger partial charge < -0.3 is 10.2 Å². The fraction of sp³-hybridized carbons (Fsp3) is 0. The van der Waals surface area contributed by atoms with Crippen LogP contribution in [-0.4, -0.2) is 10.2 Å². The lowest BCUT2D eigenvalue weighted by Crippen LogP contribution is -1.68. The summed E-state index contributed by atoms with van der Waals surface area (Å²) in [6.45, 7) is 0. The molecule has 0 aliphatic carbocycles. The van der Waals surface area contributed by atoms with Crippen LogP contribution in [0, 0.1) is 0 Å². The van der Waals surface area contributed by atoms with E-state index in [0.29, 0.717) is 0 Å². The first-order valence-electron chi connectivity index (χ1n) is 3.30. The summed E-state index contributed by atoms with van der Waals surface area (Å²) in [5, 5.41) is 21.1. The SMILES string of the molecule is Oc1cc2scc(S)c2cc1O. The molecule has 1 heterocycles. The number of hydrogen-bond acceptors (Lipinski definition) is 4. The molecule has 1 aromatic carbocycles. The van der Waals surface area contributed by atoms with Crippen molar-refractivity contribution in [2.45, 2.75) is 4.90 Å². The maximum atomic E-state index is 9.18. The summed E-state index contributed by atoms with van der Waals surface area (Å²) in [6.07, 6.45) is 0. The van der Waals surface area contributed by atoms with E-state index in [4.69, 9.17) is 5.11 Å². The Kier molecular flexibility index (Phi) is 1.66. The minimum atomic E-state index is -0.101. The number of aromatic hydroxyl groups is 2. The van der Waals surface area contributed by atoms with Crippen LogP contribution in [0.5, 0.6) is 11.5 Å². The predicted molar refractivity (Wildman–Crippen MR) is 52.4 cm³/mol. The van der Waals surface area contributed by atoms with E-state index in [1.54, 1.807) is 0 Å². The molecule has 2 aromatic rings. The van der Waals surface area contributed by atoms with E-state index in [2.05, 4.69) is 12.6 Å². The van der Waals surface area contributed by atoms with Crippen molar-refractivity contribution in [1.29, 1.82) is 0 Å². The Hall–Kier alpha value is -0.870. The van der Waals surface area contributed by atoms with Gasteiger partial charge in [-0.2, -0.15) is 0 Å². The highest BCUT2D eigenvalue weighted by atomic mass is 32.1. The highest BCUT2D eigenvalue weighted by Gasteiger charge is 2.05. The molecule has 4 heteroatoms. The third-order valence-electron chi connectivity index (χ3n) is 1.65. The summed E-state index contributed by atoms with van der Waals surface area (Å²) in [6, 6.07) is 3.05. The van der Waals surface area contributed by atoms with E-state index in [1.807, 2.05) is 5.38 Å². The molecule has 12 heavy (non-hydrogen) atoms. The number of phenols is 2. The van der Waals surface area contributed by atoms with Gasteiger partial charge in [0.1, 0.15) is 0 Å². The van der Waals surface area contributed by atoms with Gasteiger partial charge in [0.2, 0.25) is 0 Å². The molecule has 1 aromatic heterocycles. The van der Waals surface area contributed by atoms with Gasteiger partial charge in [-0.25, -0.2) is 0 Å². The number of fused-ring (bicyclic) bond motifs is 1. The summed E-state index contributed by atoms with van der Waals surface area (Å²) < 4.78 is 0.926. The fourth-order valence-corrected chi connectivity index (χ4v) is 2.30. The second kappa shape index (κ2) is 2.57. The Balaban J connectivity index is 2.87. The van der Waals surface area contributed by atoms with Crippen LogP contribution in [0.1, 0.15) is 0 Å². The van der Waals surface area contributed by atoms with Gasteiger partial charge in [0.15, 0.2) is 11.5 Å². The predicted octanol–water partition coefficient (Wildman–Crippen LogP) is 2.60. The molecule has 0 bridgehead atoms. The van der Waals surface area contributed by atoms with Crippen LogP contribution in [0.2, 0.25) is 0 Å². The van der Waals surface area contributed by atoms with E-state index in [9.17, 15) is 5.11 Å². The van der Waals surface area contributed by atoms with Crippen LogP contribution in [0.25, 0.3) is 10.1 Å². The Morgan fingerprint density at radius 3 is 2.58 bits per heavy atom. The van der Waals surface area contributed by atoms with Crippen molar-refractivity contribution in [1.82, 2.24) is 0 Å². The fourth-order valence-electron chi connectivity index (χ4n) is 1.04. The van der Waals surface area contributed by atoms with Crippen LogP contribution < -0.4 is 0 Å². The molecule has 0 saturated carbocycles. The zero-order valence-electron chi connectivity index (χ0n) is 5.98. The molecule has 2 N–H and O–H groups in total. The first kappa shape index (κ1) is 7.76. The zero-order chi connectivity index (χ0) is 8.72. The van der Waals surface area contributed by atoms with Crippen molar-refractivity contribution in [2.24, 2.45) is 0 Å². The maximum absolute atomic E-state index is 9.18. The molecule has 0 aliphatic rings. The van der Waals surface area contributed by atoms with Crippen molar-refractivity contribution in [3.63, 3.8) is 0 Å². The van der Waals surface area contributed by atoms with Gasteiger partial charge in [-0.3, -0.25) is 0 Å². The van der Waals surface area contributed by atoms with Gasteiger partial charge in [-0.05, 0) is 6.07 Å². The summed E-state index contributed by atoms with van der Waals surface area (Å²) in [7, 11) is 0. The number of thiol groups is 1. The molecule has 0 radical (unpaired) electrons. The number of hydrogen-bond donors (Lipinski definition) is 3. The van der Waals surface area contributed by atoms with Gasteiger partial charge in [-0.1, -0.05) is 0 Å². The second-order valence-electron chi connectivity index (χ2n) is 2.46. The molecule has 0 spiro atoms. The van der Waals surface area contributed by atoms with Gasteiger partial charge in [0, 0.05) is 26.4 Å². The standard InChI is InChI=1S/C8H6O2S2/c9-5-1-4-7(11)3-12-8(4)2-6(5)10/h1-3,9-11H. The molecule has 0 atom stereocenters. The Bertz CT molecular complexity index is 434. The molecule has 2 rings (SSSR count). The van der Waals surface area contributed by atoms with E-state index in [0.717, 1.165) is 15.0 Å². The minimum absolute atomic E-state index is 0.0855. The number of thiophene rings is 1. The van der Waals surface area contributed by atoms with Crippen molar-refractivity contribution in [2.75, 3.05) is 0 Å². The largest absolute Gasteiger partial charge is 0.504 e. The van der Waals surface area contributed by atoms with Gasteiger partial charge in [-0.15, -0.1) is 24.0 Å². The van der Waals surface area contributed by atoms with Crippen LogP contribution >= 0.6 is 24.0 Å². The summed E-state index contributed by atoms with van der Waals surface area (Å²) in [5.41, 5.74) is 0. The number of benzene rings is 1. The van der Waals surface area contributed by atoms with Crippen LogP contribution in [0.15, 0.2) is 22.4 Å². The molecule has 0 fully saturated rings. The Morgan fingerprint density at radius 1 is 1.17 bits per heavy atom. The van der Waals surface area contributed by atoms with Crippen LogP contribution in [0.4, 0.5) is 0 Å². The first-order chi connectivity index (χ1) is 5.68. The second-order valence-corrected chi connectivity index (χ2v) is 3.85. The van der Waals surface area contributed by atoms with Crippen molar-refractivity contribution >= 4 is 34.1 Å². The van der Waals surface area contributed by atoms with Gasteiger partial charge >= 0.3 is 0 Å². The highest BCUT2D eigenvalue weighted by Crippen LogP contribution is 2.36. The third-order valence-corrected chi connectivity index (χ3v) is 3.14. The van der Waals surface area contributed by atoms with Gasteiger partial charge in [0.05, 0.1) is 0 Å². The zero-order valence-corrected chi connectivity index (χ0v) is 7.69. The normalized spacial score (nSPS) is 10.8. The molecule has 0 saturated heterocycles. The molecule has 2 nitrogen and oxygen atoms in total. The lowest BCUT2D eigenvalue weighted by Gasteiger charge is -1.96. The molecular weight excluding hydrogens is 192 g/mol. The van der Waals surface area contributed by atoms with Crippen molar-refractivity contribution < 1.29 is 10.2 Å². The smallest absolute Gasteiger partial charge is 0.158 e. The van der Waals surface area contributed by atoms with Crippen molar-refractivity contribution in [3.05, 3.63) is 17.5 Å². The lowest BCUT2D eigenvalue weighted by molar-refractivity contribution is 0.405. The average Bonchev–Trinajstić information content (AvgIpc) is 2.35. The van der Waals surface area contributed by atoms with Crippen molar-refractivity contribution in [3.8, 4) is 11.5 Å². The summed E-state index contributed by atoms with van der Waals surface area (Å²) in [4.78, 5) is 0.824. The molecule has 0 unspecified atom stereocenters. The lowest BCUT2D eigenvalue weighted by atomic mass is 10.2. The molecule has 0 amide bonds. The molecule has 0 aliphatic heterocycles. The highest BCUT2D eigenvalue weighted by molar-refractivity contribution is 7.80. The quantitative estimate of drug-likeness (QED) is 0.450. The third kappa shape index (κ3) is 1.04. The molecule has 62 valence electrons. The maximum Gasteiger partial charge on any atom is 0.158 e. The van der Waals surface area contributed by atoms with E-state index in [1.165, 1.54) is 23.5 Å². The van der Waals surface area contributed by atoms with Crippen LogP contribution in [0.3, 0.4) is 0 Å². The van der Waals surface area contributed by atoms with Gasteiger partial charge in [0.25, 0.3) is 0 Å². The van der Waals surface area contributed by atoms with Crippen LogP contribution in [-0.2, 0) is 0 Å². The Morgan fingerprint density at radius 2 is 1.83 bits per heavy atom. The van der Waals surface area contributed by atoms with E-state index in [-0.39, 0.29) is 11.5 Å². The summed E-state index contributed by atoms with van der Waals surface area (Å²) >= 11 is 5.69. The number of rotatable bonds is 0. The summed E-state index contributed by atoms with van der Waals surface area (Å²) in [5.74, 6) is -0.186.